The van der Waals surface area contributed by atoms with Crippen molar-refractivity contribution in [1.29, 1.82) is 0 Å². The minimum Gasteiger partial charge on any atom is -0.368 e. The molecule has 0 spiro atoms. The molecule has 0 unspecified atom stereocenters. The third-order valence-corrected chi connectivity index (χ3v) is 2.89. The fourth-order valence-electron chi connectivity index (χ4n) is 1.19. The molecule has 0 aliphatic heterocycles. The Labute approximate surface area is 107 Å². The van der Waals surface area contributed by atoms with Gasteiger partial charge in [-0.2, -0.15) is 0 Å². The Hall–Kier alpha value is -1.01. The molecule has 4 nitrogen and oxygen atoms in total. The van der Waals surface area contributed by atoms with Crippen molar-refractivity contribution in [3.05, 3.63) is 28.2 Å². The number of carbonyl (C=O) groups excluding carboxylic acids is 2. The third-order valence-electron chi connectivity index (χ3n) is 1.92. The first kappa shape index (κ1) is 13.1. The van der Waals surface area contributed by atoms with Crippen LogP contribution in [0.4, 0.5) is 0 Å². The summed E-state index contributed by atoms with van der Waals surface area (Å²) in [5, 5.41) is 0. The van der Waals surface area contributed by atoms with Gasteiger partial charge in [-0.3, -0.25) is 9.59 Å². The molecule has 1 rings (SSSR count). The van der Waals surface area contributed by atoms with E-state index in [9.17, 15) is 9.59 Å². The van der Waals surface area contributed by atoms with Gasteiger partial charge in [0.25, 0.3) is 5.91 Å². The SMILES string of the molecule is CN(CC(N)=O)C(=O)c1cc(S)ccc1Br. The van der Waals surface area contributed by atoms with Gasteiger partial charge in [0.05, 0.1) is 12.1 Å². The Bertz CT molecular complexity index is 437. The van der Waals surface area contributed by atoms with Crippen molar-refractivity contribution in [1.82, 2.24) is 4.90 Å². The topological polar surface area (TPSA) is 63.4 Å². The highest BCUT2D eigenvalue weighted by atomic mass is 79.9. The van der Waals surface area contributed by atoms with Crippen LogP contribution in [0.2, 0.25) is 0 Å². The van der Waals surface area contributed by atoms with E-state index in [0.717, 1.165) is 0 Å². The first-order valence-electron chi connectivity index (χ1n) is 4.44. The quantitative estimate of drug-likeness (QED) is 0.827. The second-order valence-corrected chi connectivity index (χ2v) is 4.66. The van der Waals surface area contributed by atoms with Crippen molar-refractivity contribution in [3.8, 4) is 0 Å². The number of primary amides is 1. The van der Waals surface area contributed by atoms with Crippen LogP contribution in [-0.4, -0.2) is 30.3 Å². The summed E-state index contributed by atoms with van der Waals surface area (Å²) in [5.74, 6) is -0.824. The molecular weight excluding hydrogens is 292 g/mol. The van der Waals surface area contributed by atoms with Crippen LogP contribution in [-0.2, 0) is 4.79 Å². The molecule has 0 aromatic heterocycles. The Morgan fingerprint density at radius 3 is 2.69 bits per heavy atom. The van der Waals surface area contributed by atoms with E-state index in [0.29, 0.717) is 14.9 Å². The first-order chi connectivity index (χ1) is 7.41. The number of benzene rings is 1. The van der Waals surface area contributed by atoms with Gasteiger partial charge in [0.2, 0.25) is 5.91 Å². The van der Waals surface area contributed by atoms with Crippen molar-refractivity contribution in [2.75, 3.05) is 13.6 Å². The predicted molar refractivity (Wildman–Crippen MR) is 67.5 cm³/mol. The standard InChI is InChI=1S/C10H11BrN2O2S/c1-13(5-9(12)14)10(15)7-4-6(16)2-3-8(7)11/h2-4,16H,5H2,1H3,(H2,12,14). The van der Waals surface area contributed by atoms with Crippen molar-refractivity contribution in [2.24, 2.45) is 5.73 Å². The van der Waals surface area contributed by atoms with Gasteiger partial charge in [-0.25, -0.2) is 0 Å². The number of thiol groups is 1. The van der Waals surface area contributed by atoms with Crippen LogP contribution < -0.4 is 5.73 Å². The summed E-state index contributed by atoms with van der Waals surface area (Å²) in [7, 11) is 1.52. The van der Waals surface area contributed by atoms with Gasteiger partial charge in [-0.05, 0) is 34.1 Å². The molecular formula is C10H11BrN2O2S. The smallest absolute Gasteiger partial charge is 0.255 e. The summed E-state index contributed by atoms with van der Waals surface area (Å²) < 4.78 is 0.659. The normalized spacial score (nSPS) is 9.94. The maximum absolute atomic E-state index is 11.9. The van der Waals surface area contributed by atoms with Gasteiger partial charge in [0, 0.05) is 16.4 Å². The van der Waals surface area contributed by atoms with Gasteiger partial charge < -0.3 is 10.6 Å². The zero-order valence-electron chi connectivity index (χ0n) is 8.61. The highest BCUT2D eigenvalue weighted by Gasteiger charge is 2.16. The molecule has 2 amide bonds. The number of likely N-dealkylation sites (N-methyl/N-ethyl adjacent to an activating group) is 1. The third kappa shape index (κ3) is 3.24. The van der Waals surface area contributed by atoms with Gasteiger partial charge in [-0.15, -0.1) is 12.6 Å². The van der Waals surface area contributed by atoms with E-state index in [1.165, 1.54) is 11.9 Å². The van der Waals surface area contributed by atoms with E-state index in [4.69, 9.17) is 5.73 Å². The minimum atomic E-state index is -0.547. The maximum Gasteiger partial charge on any atom is 0.255 e. The summed E-state index contributed by atoms with van der Waals surface area (Å²) in [5.41, 5.74) is 5.47. The van der Waals surface area contributed by atoms with E-state index in [-0.39, 0.29) is 12.5 Å². The molecule has 86 valence electrons. The van der Waals surface area contributed by atoms with Crippen LogP contribution in [0.3, 0.4) is 0 Å². The lowest BCUT2D eigenvalue weighted by Gasteiger charge is -2.16. The summed E-state index contributed by atoms with van der Waals surface area (Å²) in [6, 6.07) is 5.12. The van der Waals surface area contributed by atoms with Crippen LogP contribution in [0.15, 0.2) is 27.6 Å². The fourth-order valence-corrected chi connectivity index (χ4v) is 1.81. The Kier molecular flexibility index (Phi) is 4.37. The molecule has 0 bridgehead atoms. The lowest BCUT2D eigenvalue weighted by Crippen LogP contribution is -2.35. The first-order valence-corrected chi connectivity index (χ1v) is 5.68. The molecule has 16 heavy (non-hydrogen) atoms. The highest BCUT2D eigenvalue weighted by Crippen LogP contribution is 2.21. The van der Waals surface area contributed by atoms with E-state index in [2.05, 4.69) is 28.6 Å². The maximum atomic E-state index is 11.9. The molecule has 0 radical (unpaired) electrons. The summed E-state index contributed by atoms with van der Waals surface area (Å²) >= 11 is 7.42. The molecule has 0 saturated carbocycles. The minimum absolute atomic E-state index is 0.109. The number of carbonyl (C=O) groups is 2. The lowest BCUT2D eigenvalue weighted by molar-refractivity contribution is -0.118. The number of nitrogens with two attached hydrogens (primary N) is 1. The summed E-state index contributed by atoms with van der Waals surface area (Å²) in [6.45, 7) is -0.109. The molecule has 0 aliphatic rings. The number of hydrogen-bond donors (Lipinski definition) is 2. The van der Waals surface area contributed by atoms with Crippen LogP contribution >= 0.6 is 28.6 Å². The highest BCUT2D eigenvalue weighted by molar-refractivity contribution is 9.10. The van der Waals surface area contributed by atoms with Crippen LogP contribution in [0, 0.1) is 0 Å². The van der Waals surface area contributed by atoms with E-state index >= 15 is 0 Å². The van der Waals surface area contributed by atoms with E-state index < -0.39 is 5.91 Å². The molecule has 6 heteroatoms. The Morgan fingerprint density at radius 1 is 1.50 bits per heavy atom. The second kappa shape index (κ2) is 5.36. The summed E-state index contributed by atoms with van der Waals surface area (Å²) in [4.78, 5) is 24.5. The molecule has 0 fully saturated rings. The van der Waals surface area contributed by atoms with Crippen molar-refractivity contribution in [2.45, 2.75) is 4.90 Å². The number of hydrogen-bond acceptors (Lipinski definition) is 3. The monoisotopic (exact) mass is 302 g/mol. The number of nitrogens with zero attached hydrogens (tertiary/aromatic N) is 1. The lowest BCUT2D eigenvalue weighted by atomic mass is 10.2. The largest absolute Gasteiger partial charge is 0.368 e. The second-order valence-electron chi connectivity index (χ2n) is 3.29. The van der Waals surface area contributed by atoms with E-state index in [1.807, 2.05) is 0 Å². The average Bonchev–Trinajstić information content (AvgIpc) is 2.19. The predicted octanol–water partition coefficient (Wildman–Crippen LogP) is 1.30. The molecule has 2 N–H and O–H groups in total. The molecule has 1 aromatic carbocycles. The molecule has 0 atom stereocenters. The fraction of sp³-hybridized carbons (Fsp3) is 0.200. The van der Waals surface area contributed by atoms with Gasteiger partial charge in [0.1, 0.15) is 0 Å². The van der Waals surface area contributed by atoms with Crippen molar-refractivity contribution < 1.29 is 9.59 Å². The molecule has 0 aliphatic carbocycles. The number of amides is 2. The Balaban J connectivity index is 2.95. The number of halogens is 1. The average molecular weight is 303 g/mol. The van der Waals surface area contributed by atoms with Gasteiger partial charge >= 0.3 is 0 Å². The summed E-state index contributed by atoms with van der Waals surface area (Å²) in [6.07, 6.45) is 0. The molecule has 0 saturated heterocycles. The molecule has 0 heterocycles. The zero-order chi connectivity index (χ0) is 12.3. The van der Waals surface area contributed by atoms with Gasteiger partial charge in [0.15, 0.2) is 0 Å². The van der Waals surface area contributed by atoms with Crippen molar-refractivity contribution >= 4 is 40.4 Å². The zero-order valence-corrected chi connectivity index (χ0v) is 11.1. The van der Waals surface area contributed by atoms with Crippen LogP contribution in [0.1, 0.15) is 10.4 Å². The van der Waals surface area contributed by atoms with E-state index in [1.54, 1.807) is 18.2 Å². The number of rotatable bonds is 3. The molecule has 1 aromatic rings. The van der Waals surface area contributed by atoms with Crippen LogP contribution in [0.5, 0.6) is 0 Å². The van der Waals surface area contributed by atoms with Crippen molar-refractivity contribution in [3.63, 3.8) is 0 Å². The Morgan fingerprint density at radius 2 is 2.12 bits per heavy atom. The van der Waals surface area contributed by atoms with Crippen LogP contribution in [0.25, 0.3) is 0 Å². The van der Waals surface area contributed by atoms with Gasteiger partial charge in [-0.1, -0.05) is 0 Å².